The summed E-state index contributed by atoms with van der Waals surface area (Å²) in [7, 11) is 1.49. The summed E-state index contributed by atoms with van der Waals surface area (Å²) in [6.07, 6.45) is 0.950. The molecule has 0 aliphatic carbocycles. The minimum absolute atomic E-state index is 0.215. The molecule has 0 amide bonds. The second-order valence-electron chi connectivity index (χ2n) is 4.01. The van der Waals surface area contributed by atoms with Crippen LogP contribution < -0.4 is 15.7 Å². The summed E-state index contributed by atoms with van der Waals surface area (Å²) < 4.78 is 6.56. The van der Waals surface area contributed by atoms with Crippen molar-refractivity contribution in [2.45, 2.75) is 37.1 Å². The zero-order valence-electron chi connectivity index (χ0n) is 12.1. The van der Waals surface area contributed by atoms with Crippen LogP contribution in [-0.4, -0.2) is 43.4 Å². The van der Waals surface area contributed by atoms with E-state index in [1.807, 2.05) is 13.8 Å². The van der Waals surface area contributed by atoms with Crippen molar-refractivity contribution in [3.63, 3.8) is 0 Å². The number of aromatic amines is 1. The third kappa shape index (κ3) is 3.72. The molecule has 0 aliphatic heterocycles. The molecule has 0 unspecified atom stereocenters. The van der Waals surface area contributed by atoms with E-state index in [0.717, 1.165) is 13.0 Å². The summed E-state index contributed by atoms with van der Waals surface area (Å²) in [5, 5.41) is 10.3. The number of H-pyrrole nitrogens is 1. The maximum Gasteiger partial charge on any atom is 0.343 e. The standard InChI is InChI=1S/C11H17N7O2S/c1-4-6-12-7-13-8(20-3)15-9(14-7)21-11-17-16-10(19)18(11)5-2/h4-6H2,1-3H3,(H,16,19)(H,12,13,14,15). The van der Waals surface area contributed by atoms with Crippen LogP contribution in [-0.2, 0) is 6.54 Å². The Bertz CT molecular complexity index is 654. The number of hydrogen-bond donors (Lipinski definition) is 2. The molecule has 0 bridgehead atoms. The SMILES string of the molecule is CCCNc1nc(OC)nc(Sc2n[nH]c(=O)n2CC)n1. The van der Waals surface area contributed by atoms with Crippen molar-refractivity contribution < 1.29 is 4.74 Å². The molecule has 0 aliphatic rings. The summed E-state index contributed by atoms with van der Waals surface area (Å²) in [6, 6.07) is 0.215. The molecule has 114 valence electrons. The first kappa shape index (κ1) is 15.3. The van der Waals surface area contributed by atoms with Gasteiger partial charge in [0.05, 0.1) is 7.11 Å². The van der Waals surface area contributed by atoms with Crippen LogP contribution in [0.1, 0.15) is 20.3 Å². The Balaban J connectivity index is 2.27. The number of methoxy groups -OCH3 is 1. The molecule has 2 aromatic heterocycles. The second kappa shape index (κ2) is 7.07. The molecule has 2 N–H and O–H groups in total. The summed E-state index contributed by atoms with van der Waals surface area (Å²) in [5.74, 6) is 0.437. The Hall–Kier alpha value is -2.10. The monoisotopic (exact) mass is 311 g/mol. The molecule has 0 spiro atoms. The van der Waals surface area contributed by atoms with E-state index in [-0.39, 0.29) is 11.7 Å². The van der Waals surface area contributed by atoms with E-state index in [4.69, 9.17) is 4.74 Å². The van der Waals surface area contributed by atoms with Crippen LogP contribution in [0, 0.1) is 0 Å². The lowest BCUT2D eigenvalue weighted by Crippen LogP contribution is -2.16. The molecule has 2 rings (SSSR count). The molecule has 0 fully saturated rings. The van der Waals surface area contributed by atoms with Crippen LogP contribution in [0.5, 0.6) is 6.01 Å². The van der Waals surface area contributed by atoms with Gasteiger partial charge in [0, 0.05) is 13.1 Å². The lowest BCUT2D eigenvalue weighted by Gasteiger charge is -2.07. The predicted octanol–water partition coefficient (Wildman–Crippen LogP) is 0.758. The van der Waals surface area contributed by atoms with E-state index < -0.39 is 0 Å². The van der Waals surface area contributed by atoms with Crippen molar-refractivity contribution in [2.75, 3.05) is 19.0 Å². The summed E-state index contributed by atoms with van der Waals surface area (Å²) in [4.78, 5) is 24.1. The molecule has 21 heavy (non-hydrogen) atoms. The topological polar surface area (TPSA) is 111 Å². The number of ether oxygens (including phenoxy) is 1. The molecular weight excluding hydrogens is 294 g/mol. The fourth-order valence-electron chi connectivity index (χ4n) is 1.53. The molecule has 0 atom stereocenters. The zero-order valence-corrected chi connectivity index (χ0v) is 12.9. The number of nitrogens with one attached hydrogen (secondary N) is 2. The fraction of sp³-hybridized carbons (Fsp3) is 0.545. The van der Waals surface area contributed by atoms with Crippen LogP contribution in [0.15, 0.2) is 15.1 Å². The summed E-state index contributed by atoms with van der Waals surface area (Å²) in [6.45, 7) is 5.17. The number of nitrogens with zero attached hydrogens (tertiary/aromatic N) is 5. The highest BCUT2D eigenvalue weighted by Gasteiger charge is 2.13. The smallest absolute Gasteiger partial charge is 0.343 e. The molecule has 0 saturated heterocycles. The third-order valence-electron chi connectivity index (χ3n) is 2.53. The van der Waals surface area contributed by atoms with Crippen LogP contribution in [0.4, 0.5) is 5.95 Å². The normalized spacial score (nSPS) is 10.6. The summed E-state index contributed by atoms with van der Waals surface area (Å²) in [5.41, 5.74) is -0.259. The Morgan fingerprint density at radius 3 is 2.81 bits per heavy atom. The first-order chi connectivity index (χ1) is 10.2. The van der Waals surface area contributed by atoms with Gasteiger partial charge < -0.3 is 10.1 Å². The van der Waals surface area contributed by atoms with Crippen molar-refractivity contribution in [3.05, 3.63) is 10.5 Å². The quantitative estimate of drug-likeness (QED) is 0.771. The van der Waals surface area contributed by atoms with Gasteiger partial charge in [0.1, 0.15) is 0 Å². The van der Waals surface area contributed by atoms with E-state index >= 15 is 0 Å². The van der Waals surface area contributed by atoms with Crippen LogP contribution >= 0.6 is 11.8 Å². The minimum Gasteiger partial charge on any atom is -0.467 e. The molecule has 10 heteroatoms. The van der Waals surface area contributed by atoms with E-state index in [1.165, 1.54) is 23.4 Å². The van der Waals surface area contributed by atoms with Gasteiger partial charge in [-0.1, -0.05) is 6.92 Å². The zero-order chi connectivity index (χ0) is 15.2. The lowest BCUT2D eigenvalue weighted by atomic mass is 10.5. The van der Waals surface area contributed by atoms with Crippen LogP contribution in [0.25, 0.3) is 0 Å². The van der Waals surface area contributed by atoms with Crippen LogP contribution in [0.3, 0.4) is 0 Å². The average Bonchev–Trinajstić information content (AvgIpc) is 2.84. The number of hydrogen-bond acceptors (Lipinski definition) is 8. The number of anilines is 1. The number of aromatic nitrogens is 6. The van der Waals surface area contributed by atoms with Gasteiger partial charge >= 0.3 is 11.7 Å². The van der Waals surface area contributed by atoms with Gasteiger partial charge in [-0.2, -0.15) is 15.0 Å². The predicted molar refractivity (Wildman–Crippen MR) is 77.8 cm³/mol. The highest BCUT2D eigenvalue weighted by Crippen LogP contribution is 2.23. The van der Waals surface area contributed by atoms with Gasteiger partial charge in [0.15, 0.2) is 5.16 Å². The molecule has 0 aromatic carbocycles. The third-order valence-corrected chi connectivity index (χ3v) is 3.39. The Labute approximate surface area is 125 Å². The van der Waals surface area contributed by atoms with Gasteiger partial charge in [-0.15, -0.1) is 5.10 Å². The Kier molecular flexibility index (Phi) is 5.14. The van der Waals surface area contributed by atoms with Crippen molar-refractivity contribution in [3.8, 4) is 6.01 Å². The molecule has 2 aromatic rings. The van der Waals surface area contributed by atoms with E-state index in [0.29, 0.717) is 22.8 Å². The Morgan fingerprint density at radius 2 is 2.14 bits per heavy atom. The van der Waals surface area contributed by atoms with Crippen LogP contribution in [0.2, 0.25) is 0 Å². The molecule has 0 radical (unpaired) electrons. The molecule has 2 heterocycles. The highest BCUT2D eigenvalue weighted by molar-refractivity contribution is 7.99. The Morgan fingerprint density at radius 1 is 1.33 bits per heavy atom. The van der Waals surface area contributed by atoms with E-state index in [9.17, 15) is 4.79 Å². The van der Waals surface area contributed by atoms with Gasteiger partial charge in [-0.05, 0) is 25.1 Å². The maximum absolute atomic E-state index is 11.5. The van der Waals surface area contributed by atoms with Crippen molar-refractivity contribution in [2.24, 2.45) is 0 Å². The first-order valence-corrected chi connectivity index (χ1v) is 7.36. The number of rotatable bonds is 7. The molecule has 9 nitrogen and oxygen atoms in total. The lowest BCUT2D eigenvalue weighted by molar-refractivity contribution is 0.373. The maximum atomic E-state index is 11.5. The summed E-state index contributed by atoms with van der Waals surface area (Å²) >= 11 is 1.18. The largest absolute Gasteiger partial charge is 0.467 e. The first-order valence-electron chi connectivity index (χ1n) is 6.54. The molecule has 0 saturated carbocycles. The highest BCUT2D eigenvalue weighted by atomic mass is 32.2. The second-order valence-corrected chi connectivity index (χ2v) is 4.95. The van der Waals surface area contributed by atoms with Crippen molar-refractivity contribution in [1.82, 2.24) is 29.7 Å². The fourth-order valence-corrected chi connectivity index (χ4v) is 2.37. The van der Waals surface area contributed by atoms with Crippen molar-refractivity contribution in [1.29, 1.82) is 0 Å². The molecular formula is C11H17N7O2S. The van der Waals surface area contributed by atoms with Gasteiger partial charge in [-0.3, -0.25) is 4.57 Å². The van der Waals surface area contributed by atoms with Gasteiger partial charge in [-0.25, -0.2) is 9.89 Å². The van der Waals surface area contributed by atoms with Gasteiger partial charge in [0.25, 0.3) is 0 Å². The van der Waals surface area contributed by atoms with Crippen molar-refractivity contribution >= 4 is 17.7 Å². The average molecular weight is 311 g/mol. The minimum atomic E-state index is -0.259. The van der Waals surface area contributed by atoms with E-state index in [1.54, 1.807) is 0 Å². The van der Waals surface area contributed by atoms with E-state index in [2.05, 4.69) is 30.5 Å². The van der Waals surface area contributed by atoms with Gasteiger partial charge in [0.2, 0.25) is 11.1 Å².